The van der Waals surface area contributed by atoms with Crippen LogP contribution in [-0.2, 0) is 4.84 Å². The van der Waals surface area contributed by atoms with E-state index in [1.165, 1.54) is 0 Å². The van der Waals surface area contributed by atoms with Gasteiger partial charge in [0.25, 0.3) is 5.91 Å². The number of aliphatic imine (C=N–C) groups is 1. The van der Waals surface area contributed by atoms with Gasteiger partial charge < -0.3 is 16.4 Å². The lowest BCUT2D eigenvalue weighted by molar-refractivity contribution is -0.0456. The fourth-order valence-corrected chi connectivity index (χ4v) is 4.86. The van der Waals surface area contributed by atoms with Crippen molar-refractivity contribution in [2.75, 3.05) is 37.0 Å². The van der Waals surface area contributed by atoms with Crippen molar-refractivity contribution < 1.29 is 9.63 Å². The summed E-state index contributed by atoms with van der Waals surface area (Å²) in [7, 11) is 0. The summed E-state index contributed by atoms with van der Waals surface area (Å²) in [5.41, 5.74) is 8.11. The molecule has 1 saturated heterocycles. The Bertz CT molecular complexity index is 1030. The van der Waals surface area contributed by atoms with E-state index in [9.17, 15) is 4.79 Å². The number of nitrogens with one attached hydrogen (secondary N) is 2. The van der Waals surface area contributed by atoms with Crippen LogP contribution in [0, 0.1) is 6.92 Å². The van der Waals surface area contributed by atoms with Crippen LogP contribution in [-0.4, -0.2) is 70.7 Å². The summed E-state index contributed by atoms with van der Waals surface area (Å²) in [6.07, 6.45) is 8.03. The van der Waals surface area contributed by atoms with Gasteiger partial charge in [-0.1, -0.05) is 24.5 Å². The van der Waals surface area contributed by atoms with Crippen LogP contribution in [0.25, 0.3) is 10.9 Å². The molecule has 0 unspecified atom stereocenters. The molecule has 2 fully saturated rings. The van der Waals surface area contributed by atoms with Crippen molar-refractivity contribution in [2.24, 2.45) is 10.7 Å². The Morgan fingerprint density at radius 3 is 2.94 bits per heavy atom. The van der Waals surface area contributed by atoms with Gasteiger partial charge in [0.15, 0.2) is 0 Å². The van der Waals surface area contributed by atoms with Crippen LogP contribution < -0.4 is 16.4 Å². The van der Waals surface area contributed by atoms with Gasteiger partial charge in [-0.05, 0) is 56.7 Å². The predicted octanol–water partition coefficient (Wildman–Crippen LogP) is 3.10. The summed E-state index contributed by atoms with van der Waals surface area (Å²) in [5.74, 6) is 2.04. The van der Waals surface area contributed by atoms with E-state index in [4.69, 9.17) is 15.6 Å². The number of guanidine groups is 1. The van der Waals surface area contributed by atoms with Gasteiger partial charge in [0.1, 0.15) is 5.82 Å². The Balaban J connectivity index is 1.58. The third kappa shape index (κ3) is 6.09. The summed E-state index contributed by atoms with van der Waals surface area (Å²) in [6.45, 7) is 4.09. The minimum Gasteiger partial charge on any atom is -0.368 e. The number of benzene rings is 1. The number of aromatic nitrogens is 2. The number of rotatable bonds is 8. The number of nitrogens with zero attached hydrogens (tertiary/aromatic N) is 4. The summed E-state index contributed by atoms with van der Waals surface area (Å²) in [6, 6.07) is 6.08. The second-order valence-electron chi connectivity index (χ2n) is 8.90. The SMILES string of the molecule is CSCCCNC(=O)c1nc(N[C@H]2CCCC[C@H]2N=C(N)N2CCCO2)c2cc(C)ccc2n1. The first kappa shape index (κ1) is 24.5. The van der Waals surface area contributed by atoms with E-state index in [2.05, 4.69) is 32.9 Å². The lowest BCUT2D eigenvalue weighted by atomic mass is 9.90. The van der Waals surface area contributed by atoms with Crippen molar-refractivity contribution in [1.29, 1.82) is 0 Å². The van der Waals surface area contributed by atoms with Crippen molar-refractivity contribution in [3.8, 4) is 0 Å². The number of thioether (sulfide) groups is 1. The van der Waals surface area contributed by atoms with Gasteiger partial charge in [-0.2, -0.15) is 11.8 Å². The van der Waals surface area contributed by atoms with Crippen LogP contribution in [0.5, 0.6) is 0 Å². The molecular weight excluding hydrogens is 450 g/mol. The maximum atomic E-state index is 12.8. The number of nitrogens with two attached hydrogens (primary N) is 1. The zero-order chi connectivity index (χ0) is 23.9. The van der Waals surface area contributed by atoms with E-state index in [1.807, 2.05) is 19.1 Å². The van der Waals surface area contributed by atoms with Gasteiger partial charge in [-0.25, -0.2) is 20.0 Å². The molecule has 0 spiro atoms. The second-order valence-corrected chi connectivity index (χ2v) is 9.88. The normalized spacial score (nSPS) is 21.1. The molecule has 1 amide bonds. The Morgan fingerprint density at radius 1 is 1.29 bits per heavy atom. The first-order valence-corrected chi connectivity index (χ1v) is 13.5. The lowest BCUT2D eigenvalue weighted by Gasteiger charge is -2.31. The Hall–Kier alpha value is -2.59. The molecule has 2 aromatic rings. The molecule has 2 heterocycles. The highest BCUT2D eigenvalue weighted by molar-refractivity contribution is 7.98. The minimum atomic E-state index is -0.250. The van der Waals surface area contributed by atoms with Gasteiger partial charge in [-0.15, -0.1) is 0 Å². The number of amides is 1. The Labute approximate surface area is 205 Å². The van der Waals surface area contributed by atoms with Crippen LogP contribution >= 0.6 is 11.8 Å². The maximum Gasteiger partial charge on any atom is 0.289 e. The van der Waals surface area contributed by atoms with Gasteiger partial charge in [0.05, 0.1) is 30.8 Å². The fourth-order valence-electron chi connectivity index (χ4n) is 4.42. The van der Waals surface area contributed by atoms with Crippen molar-refractivity contribution in [1.82, 2.24) is 20.3 Å². The van der Waals surface area contributed by atoms with Crippen molar-refractivity contribution in [3.05, 3.63) is 29.6 Å². The number of carbonyl (C=O) groups excluding carboxylic acids is 1. The van der Waals surface area contributed by atoms with Crippen LogP contribution in [0.1, 0.15) is 54.7 Å². The maximum absolute atomic E-state index is 12.8. The van der Waals surface area contributed by atoms with Crippen LogP contribution in [0.3, 0.4) is 0 Å². The molecule has 1 aromatic carbocycles. The molecule has 4 rings (SSSR count). The molecule has 1 aliphatic carbocycles. The molecule has 0 bridgehead atoms. The molecule has 0 radical (unpaired) electrons. The smallest absolute Gasteiger partial charge is 0.289 e. The number of fused-ring (bicyclic) bond motifs is 1. The molecule has 4 N–H and O–H groups in total. The molecule has 2 atom stereocenters. The fraction of sp³-hybridized carbons (Fsp3) is 0.583. The predicted molar refractivity (Wildman–Crippen MR) is 138 cm³/mol. The third-order valence-electron chi connectivity index (χ3n) is 6.22. The molecule has 34 heavy (non-hydrogen) atoms. The largest absolute Gasteiger partial charge is 0.368 e. The number of anilines is 1. The number of carbonyl (C=O) groups is 1. The zero-order valence-corrected chi connectivity index (χ0v) is 20.9. The minimum absolute atomic E-state index is 0.0107. The highest BCUT2D eigenvalue weighted by atomic mass is 32.2. The molecular formula is C24H35N7O2S. The summed E-state index contributed by atoms with van der Waals surface area (Å²) in [5, 5.41) is 9.15. The van der Waals surface area contributed by atoms with E-state index in [0.717, 1.165) is 67.3 Å². The average molecular weight is 486 g/mol. The lowest BCUT2D eigenvalue weighted by Crippen LogP contribution is -2.41. The number of hydrogen-bond acceptors (Lipinski definition) is 7. The average Bonchev–Trinajstić information content (AvgIpc) is 3.38. The van der Waals surface area contributed by atoms with E-state index in [-0.39, 0.29) is 23.8 Å². The van der Waals surface area contributed by atoms with E-state index >= 15 is 0 Å². The zero-order valence-electron chi connectivity index (χ0n) is 20.0. The van der Waals surface area contributed by atoms with E-state index in [1.54, 1.807) is 16.8 Å². The highest BCUT2D eigenvalue weighted by Crippen LogP contribution is 2.28. The summed E-state index contributed by atoms with van der Waals surface area (Å²) in [4.78, 5) is 32.4. The summed E-state index contributed by atoms with van der Waals surface area (Å²) >= 11 is 1.76. The number of hydroxylamine groups is 2. The molecule has 184 valence electrons. The van der Waals surface area contributed by atoms with E-state index in [0.29, 0.717) is 24.9 Å². The van der Waals surface area contributed by atoms with Gasteiger partial charge >= 0.3 is 0 Å². The first-order valence-electron chi connectivity index (χ1n) is 12.1. The van der Waals surface area contributed by atoms with E-state index < -0.39 is 0 Å². The molecule has 10 heteroatoms. The number of hydrogen-bond donors (Lipinski definition) is 3. The molecule has 1 aromatic heterocycles. The Morgan fingerprint density at radius 2 is 2.15 bits per heavy atom. The van der Waals surface area contributed by atoms with Gasteiger partial charge in [0, 0.05) is 11.9 Å². The molecule has 9 nitrogen and oxygen atoms in total. The second kappa shape index (κ2) is 11.7. The monoisotopic (exact) mass is 485 g/mol. The van der Waals surface area contributed by atoms with Crippen LogP contribution in [0.4, 0.5) is 5.82 Å². The van der Waals surface area contributed by atoms with Crippen molar-refractivity contribution >= 4 is 40.3 Å². The highest BCUT2D eigenvalue weighted by Gasteiger charge is 2.28. The van der Waals surface area contributed by atoms with Crippen molar-refractivity contribution in [2.45, 2.75) is 57.5 Å². The molecule has 1 saturated carbocycles. The molecule has 1 aliphatic heterocycles. The van der Waals surface area contributed by atoms with Crippen LogP contribution in [0.15, 0.2) is 23.2 Å². The Kier molecular flexibility index (Phi) is 8.44. The van der Waals surface area contributed by atoms with Crippen LogP contribution in [0.2, 0.25) is 0 Å². The third-order valence-corrected chi connectivity index (χ3v) is 6.92. The molecule has 2 aliphatic rings. The van der Waals surface area contributed by atoms with Crippen molar-refractivity contribution in [3.63, 3.8) is 0 Å². The first-order chi connectivity index (χ1) is 16.5. The quantitative estimate of drug-likeness (QED) is 0.297. The standard InChI is InChI=1S/C24H35N7O2S/c1-16-9-10-18-17(15-16)21(30-22(27-18)23(32)26-11-5-14-34-2)28-19-7-3-4-8-20(19)29-24(25)31-12-6-13-33-31/h9-10,15,19-20H,3-8,11-14H2,1-2H3,(H2,25,29)(H,26,32)(H,27,28,30)/t19-,20+/m0/s1. The number of aryl methyl sites for hydroxylation is 1. The van der Waals surface area contributed by atoms with Gasteiger partial charge in [0.2, 0.25) is 11.8 Å². The van der Waals surface area contributed by atoms with Gasteiger partial charge in [-0.3, -0.25) is 9.63 Å². The topological polar surface area (TPSA) is 118 Å². The summed E-state index contributed by atoms with van der Waals surface area (Å²) < 4.78 is 0.